The van der Waals surface area contributed by atoms with Gasteiger partial charge in [0.15, 0.2) is 0 Å². The van der Waals surface area contributed by atoms with Crippen molar-refractivity contribution in [2.24, 2.45) is 11.7 Å². The first-order chi connectivity index (χ1) is 9.08. The van der Waals surface area contributed by atoms with E-state index in [2.05, 4.69) is 13.5 Å². The molecule has 1 rings (SSSR count). The van der Waals surface area contributed by atoms with Crippen molar-refractivity contribution >= 4 is 0 Å². The second-order valence-corrected chi connectivity index (χ2v) is 5.61. The van der Waals surface area contributed by atoms with E-state index in [1.807, 2.05) is 6.92 Å². The quantitative estimate of drug-likeness (QED) is 0.563. The van der Waals surface area contributed by atoms with Crippen LogP contribution in [0.2, 0.25) is 0 Å². The maximum Gasteiger partial charge on any atom is 0.0862 e. The summed E-state index contributed by atoms with van der Waals surface area (Å²) in [6.45, 7) is 8.36. The molecule has 0 aliphatic heterocycles. The average molecular weight is 271 g/mol. The minimum Gasteiger partial charge on any atom is -0.394 e. The van der Waals surface area contributed by atoms with E-state index in [-0.39, 0.29) is 25.4 Å². The summed E-state index contributed by atoms with van der Waals surface area (Å²) in [6.07, 6.45) is 6.37. The Labute approximate surface area is 117 Å². The Balaban J connectivity index is 2.37. The van der Waals surface area contributed by atoms with E-state index in [0.717, 1.165) is 12.8 Å². The molecule has 1 aliphatic carbocycles. The van der Waals surface area contributed by atoms with Crippen LogP contribution in [0.15, 0.2) is 12.7 Å². The van der Waals surface area contributed by atoms with Gasteiger partial charge in [0.05, 0.1) is 37.6 Å². The topological polar surface area (TPSA) is 64.7 Å². The van der Waals surface area contributed by atoms with E-state index < -0.39 is 5.54 Å². The Kier molecular flexibility index (Phi) is 7.00. The second kappa shape index (κ2) is 8.00. The van der Waals surface area contributed by atoms with Crippen molar-refractivity contribution in [1.29, 1.82) is 0 Å². The van der Waals surface area contributed by atoms with Crippen molar-refractivity contribution in [2.45, 2.75) is 57.3 Å². The minimum absolute atomic E-state index is 0.0140. The van der Waals surface area contributed by atoms with Crippen LogP contribution in [0, 0.1) is 5.92 Å². The number of rotatable bonds is 11. The van der Waals surface area contributed by atoms with Crippen molar-refractivity contribution in [1.82, 2.24) is 0 Å². The third kappa shape index (κ3) is 5.61. The molecule has 0 aromatic heterocycles. The molecule has 0 bridgehead atoms. The van der Waals surface area contributed by atoms with Crippen LogP contribution in [0.4, 0.5) is 0 Å². The lowest BCUT2D eigenvalue weighted by molar-refractivity contribution is -0.0477. The van der Waals surface area contributed by atoms with Gasteiger partial charge in [0.1, 0.15) is 0 Å². The number of aliphatic hydroxyl groups is 1. The standard InChI is InChI=1S/C15H29NO3/c1-4-13(5-2)18-10-15(16,9-17)11-19-14(6-3)12-7-8-12/h4,12-14,17H,1,5-11,16H2,2-3H3. The van der Waals surface area contributed by atoms with Crippen LogP contribution in [0.1, 0.15) is 39.5 Å². The first kappa shape index (κ1) is 16.6. The van der Waals surface area contributed by atoms with E-state index >= 15 is 0 Å². The second-order valence-electron chi connectivity index (χ2n) is 5.61. The first-order valence-electron chi connectivity index (χ1n) is 7.34. The summed E-state index contributed by atoms with van der Waals surface area (Å²) in [5, 5.41) is 9.47. The summed E-state index contributed by atoms with van der Waals surface area (Å²) in [5.41, 5.74) is 5.32. The van der Waals surface area contributed by atoms with Crippen LogP contribution in [0.25, 0.3) is 0 Å². The minimum atomic E-state index is -0.821. The normalized spacial score (nSPS) is 21.7. The van der Waals surface area contributed by atoms with Crippen molar-refractivity contribution in [3.05, 3.63) is 12.7 Å². The lowest BCUT2D eigenvalue weighted by atomic mass is 10.0. The van der Waals surface area contributed by atoms with Crippen molar-refractivity contribution in [3.8, 4) is 0 Å². The molecule has 4 nitrogen and oxygen atoms in total. The zero-order valence-electron chi connectivity index (χ0n) is 12.3. The van der Waals surface area contributed by atoms with Gasteiger partial charge in [-0.3, -0.25) is 0 Å². The fourth-order valence-corrected chi connectivity index (χ4v) is 2.09. The van der Waals surface area contributed by atoms with Crippen molar-refractivity contribution < 1.29 is 14.6 Å². The Morgan fingerprint density at radius 1 is 1.32 bits per heavy atom. The van der Waals surface area contributed by atoms with E-state index in [4.69, 9.17) is 15.2 Å². The number of ether oxygens (including phenoxy) is 2. The third-order valence-electron chi connectivity index (χ3n) is 3.70. The fourth-order valence-electron chi connectivity index (χ4n) is 2.09. The SMILES string of the molecule is C=CC(CC)OCC(N)(CO)COC(CC)C1CC1. The molecule has 3 N–H and O–H groups in total. The molecule has 0 aromatic carbocycles. The van der Waals surface area contributed by atoms with Gasteiger partial charge in [0.2, 0.25) is 0 Å². The molecule has 0 amide bonds. The smallest absolute Gasteiger partial charge is 0.0862 e. The van der Waals surface area contributed by atoms with Crippen LogP contribution in [-0.4, -0.2) is 42.7 Å². The van der Waals surface area contributed by atoms with Crippen molar-refractivity contribution in [2.75, 3.05) is 19.8 Å². The molecule has 0 aromatic rings. The molecular formula is C15H29NO3. The van der Waals surface area contributed by atoms with E-state index in [0.29, 0.717) is 12.5 Å². The fraction of sp³-hybridized carbons (Fsp3) is 0.867. The predicted molar refractivity (Wildman–Crippen MR) is 77.0 cm³/mol. The van der Waals surface area contributed by atoms with Gasteiger partial charge in [0.25, 0.3) is 0 Å². The molecule has 1 saturated carbocycles. The molecule has 0 heterocycles. The highest BCUT2D eigenvalue weighted by Crippen LogP contribution is 2.35. The van der Waals surface area contributed by atoms with Crippen molar-refractivity contribution in [3.63, 3.8) is 0 Å². The molecule has 0 saturated heterocycles. The maximum absolute atomic E-state index is 9.47. The highest BCUT2D eigenvalue weighted by atomic mass is 16.5. The predicted octanol–water partition coefficient (Wildman–Crippen LogP) is 1.86. The zero-order valence-corrected chi connectivity index (χ0v) is 12.3. The number of hydrogen-bond acceptors (Lipinski definition) is 4. The van der Waals surface area contributed by atoms with Crippen LogP contribution >= 0.6 is 0 Å². The average Bonchev–Trinajstić information content (AvgIpc) is 3.25. The lowest BCUT2D eigenvalue weighted by Gasteiger charge is -2.30. The van der Waals surface area contributed by atoms with Gasteiger partial charge in [-0.15, -0.1) is 6.58 Å². The largest absolute Gasteiger partial charge is 0.394 e. The summed E-state index contributed by atoms with van der Waals surface area (Å²) >= 11 is 0. The number of hydrogen-bond donors (Lipinski definition) is 2. The van der Waals surface area contributed by atoms with Crippen LogP contribution < -0.4 is 5.73 Å². The Morgan fingerprint density at radius 2 is 1.95 bits per heavy atom. The van der Waals surface area contributed by atoms with Gasteiger partial charge in [0, 0.05) is 0 Å². The summed E-state index contributed by atoms with van der Waals surface area (Å²) in [4.78, 5) is 0. The van der Waals surface area contributed by atoms with Gasteiger partial charge in [-0.1, -0.05) is 19.9 Å². The molecule has 1 aliphatic rings. The van der Waals surface area contributed by atoms with Gasteiger partial charge in [-0.25, -0.2) is 0 Å². The van der Waals surface area contributed by atoms with Gasteiger partial charge in [-0.2, -0.15) is 0 Å². The molecule has 4 heteroatoms. The summed E-state index contributed by atoms with van der Waals surface area (Å²) in [5.74, 6) is 0.686. The molecule has 19 heavy (non-hydrogen) atoms. The monoisotopic (exact) mass is 271 g/mol. The van der Waals surface area contributed by atoms with Crippen LogP contribution in [0.5, 0.6) is 0 Å². The Hall–Kier alpha value is -0.420. The van der Waals surface area contributed by atoms with Crippen LogP contribution in [0.3, 0.4) is 0 Å². The molecule has 0 radical (unpaired) electrons. The molecular weight excluding hydrogens is 242 g/mol. The Bertz CT molecular complexity index is 268. The number of aliphatic hydroxyl groups excluding tert-OH is 1. The highest BCUT2D eigenvalue weighted by Gasteiger charge is 2.33. The van der Waals surface area contributed by atoms with E-state index in [1.54, 1.807) is 6.08 Å². The Morgan fingerprint density at radius 3 is 2.37 bits per heavy atom. The number of nitrogens with two attached hydrogens (primary N) is 1. The molecule has 1 fully saturated rings. The summed E-state index contributed by atoms with van der Waals surface area (Å²) in [6, 6.07) is 0. The molecule has 3 unspecified atom stereocenters. The van der Waals surface area contributed by atoms with Crippen LogP contribution in [-0.2, 0) is 9.47 Å². The van der Waals surface area contributed by atoms with E-state index in [9.17, 15) is 5.11 Å². The van der Waals surface area contributed by atoms with E-state index in [1.165, 1.54) is 12.8 Å². The third-order valence-corrected chi connectivity index (χ3v) is 3.70. The zero-order chi connectivity index (χ0) is 14.3. The first-order valence-corrected chi connectivity index (χ1v) is 7.34. The van der Waals surface area contributed by atoms with Gasteiger partial charge in [-0.05, 0) is 31.6 Å². The summed E-state index contributed by atoms with van der Waals surface area (Å²) < 4.78 is 11.5. The lowest BCUT2D eigenvalue weighted by Crippen LogP contribution is -2.53. The molecule has 0 spiro atoms. The summed E-state index contributed by atoms with van der Waals surface area (Å²) in [7, 11) is 0. The molecule has 112 valence electrons. The molecule has 3 atom stereocenters. The maximum atomic E-state index is 9.47. The highest BCUT2D eigenvalue weighted by molar-refractivity contribution is 4.88. The van der Waals surface area contributed by atoms with Gasteiger partial charge < -0.3 is 20.3 Å². The van der Waals surface area contributed by atoms with Gasteiger partial charge >= 0.3 is 0 Å².